The first-order valence-corrected chi connectivity index (χ1v) is 24.3. The molecule has 0 N–H and O–H groups in total. The number of para-hydroxylation sites is 4. The topological polar surface area (TPSA) is 6.48 Å². The fraction of sp³-hybridized carbons (Fsp3) is 0.0294. The Bertz CT molecular complexity index is 3230. The lowest BCUT2D eigenvalue weighted by Gasteiger charge is -2.38. The summed E-state index contributed by atoms with van der Waals surface area (Å²) >= 11 is 0. The van der Waals surface area contributed by atoms with E-state index in [0.717, 1.165) is 34.1 Å². The molecule has 0 heterocycles. The van der Waals surface area contributed by atoms with Crippen molar-refractivity contribution in [2.24, 2.45) is 0 Å². The van der Waals surface area contributed by atoms with E-state index in [1.807, 2.05) is 0 Å². The van der Waals surface area contributed by atoms with Gasteiger partial charge >= 0.3 is 0 Å². The third kappa shape index (κ3) is 6.34. The zero-order chi connectivity index (χ0) is 46.5. The van der Waals surface area contributed by atoms with Crippen LogP contribution in [0.25, 0.3) is 22.3 Å². The minimum absolute atomic E-state index is 0.624. The first-order valence-electron chi connectivity index (χ1n) is 24.3. The van der Waals surface area contributed by atoms with Gasteiger partial charge in [-0.1, -0.05) is 218 Å². The maximum atomic E-state index is 2.54. The fourth-order valence-electron chi connectivity index (χ4n) is 12.0. The Labute approximate surface area is 410 Å². The number of benzene rings is 11. The Morgan fingerprint density at radius 1 is 0.186 bits per heavy atom. The summed E-state index contributed by atoms with van der Waals surface area (Å²) in [4.78, 5) is 4.69. The van der Waals surface area contributed by atoms with E-state index in [9.17, 15) is 0 Å². The normalized spacial score (nSPS) is 13.4. The molecule has 2 aliphatic carbocycles. The first kappa shape index (κ1) is 41.2. The van der Waals surface area contributed by atoms with E-state index < -0.39 is 10.8 Å². The molecule has 0 bridgehead atoms. The highest BCUT2D eigenvalue weighted by molar-refractivity contribution is 5.89. The number of rotatable bonds is 10. The third-order valence-corrected chi connectivity index (χ3v) is 14.8. The Kier molecular flexibility index (Phi) is 9.99. The number of hydrogen-bond donors (Lipinski definition) is 0. The van der Waals surface area contributed by atoms with Gasteiger partial charge in [0.2, 0.25) is 0 Å². The summed E-state index contributed by atoms with van der Waals surface area (Å²) in [5.41, 5.74) is 20.6. The monoisotopic (exact) mass is 892 g/mol. The molecule has 0 atom stereocenters. The quantitative estimate of drug-likeness (QED) is 0.135. The van der Waals surface area contributed by atoms with Gasteiger partial charge in [-0.3, -0.25) is 0 Å². The van der Waals surface area contributed by atoms with Gasteiger partial charge in [0.15, 0.2) is 0 Å². The van der Waals surface area contributed by atoms with Gasteiger partial charge in [-0.25, -0.2) is 0 Å². The minimum atomic E-state index is -0.624. The van der Waals surface area contributed by atoms with Crippen molar-refractivity contribution in [1.82, 2.24) is 0 Å². The van der Waals surface area contributed by atoms with Gasteiger partial charge < -0.3 is 9.80 Å². The van der Waals surface area contributed by atoms with Gasteiger partial charge in [0.05, 0.1) is 10.8 Å². The van der Waals surface area contributed by atoms with Crippen molar-refractivity contribution < 1.29 is 0 Å². The van der Waals surface area contributed by atoms with Crippen LogP contribution >= 0.6 is 0 Å². The summed E-state index contributed by atoms with van der Waals surface area (Å²) in [5.74, 6) is 0. The van der Waals surface area contributed by atoms with Crippen LogP contribution in [0.2, 0.25) is 0 Å². The Hall–Kier alpha value is -8.98. The van der Waals surface area contributed by atoms with E-state index in [0.29, 0.717) is 0 Å². The second-order valence-corrected chi connectivity index (χ2v) is 18.4. The number of fused-ring (bicyclic) bond motifs is 6. The molecule has 0 unspecified atom stereocenters. The summed E-state index contributed by atoms with van der Waals surface area (Å²) in [6, 6.07) is 107. The molecule has 2 aliphatic rings. The predicted molar refractivity (Wildman–Crippen MR) is 290 cm³/mol. The summed E-state index contributed by atoms with van der Waals surface area (Å²) in [6.45, 7) is 0. The molecule has 0 saturated carbocycles. The maximum Gasteiger partial charge on any atom is 0.0713 e. The molecule has 0 fully saturated rings. The van der Waals surface area contributed by atoms with Crippen LogP contribution in [0.1, 0.15) is 44.5 Å². The van der Waals surface area contributed by atoms with E-state index in [1.165, 1.54) is 66.8 Å². The first-order chi connectivity index (χ1) is 34.7. The van der Waals surface area contributed by atoms with Gasteiger partial charge in [0, 0.05) is 34.1 Å². The van der Waals surface area contributed by atoms with E-state index in [1.54, 1.807) is 0 Å². The second kappa shape index (κ2) is 17.0. The number of nitrogens with zero attached hydrogens (tertiary/aromatic N) is 2. The zero-order valence-corrected chi connectivity index (χ0v) is 38.6. The second-order valence-electron chi connectivity index (χ2n) is 18.4. The standard InChI is InChI=1S/C68H48N2/c1-5-24-53(25-6-1)69(54-26-7-2-8-27-54)57-44-40-49(41-45-57)67(63-36-17-13-32-59(63)60-33-14-18-37-64(60)67)51-22-21-23-52(48-51)68(65-38-19-15-34-61(65)62-35-16-20-39-66(62)68)50-42-46-58(47-43-50)70(55-28-9-3-10-29-55)56-30-11-4-12-31-56/h1-48H. The molecule has 0 radical (unpaired) electrons. The molecule has 11 aromatic carbocycles. The predicted octanol–water partition coefficient (Wildman–Crippen LogP) is 17.4. The molecule has 0 amide bonds. The lowest BCUT2D eigenvalue weighted by molar-refractivity contribution is 0.740. The van der Waals surface area contributed by atoms with Crippen molar-refractivity contribution in [3.05, 3.63) is 336 Å². The molecular formula is C68H48N2. The van der Waals surface area contributed by atoms with Gasteiger partial charge in [-0.2, -0.15) is 0 Å². The molecular weight excluding hydrogens is 845 g/mol. The van der Waals surface area contributed by atoms with E-state index in [4.69, 9.17) is 0 Å². The molecule has 11 aromatic rings. The molecule has 2 heteroatoms. The fourth-order valence-corrected chi connectivity index (χ4v) is 12.0. The number of hydrogen-bond acceptors (Lipinski definition) is 2. The highest BCUT2D eigenvalue weighted by atomic mass is 15.1. The SMILES string of the molecule is c1ccc(N(c2ccccc2)c2ccc(C3(c4cccc(C5(c6ccc(N(c7ccccc7)c7ccccc7)cc6)c6ccccc6-c6ccccc65)c4)c4ccccc4-c4ccccc43)cc2)cc1. The lowest BCUT2D eigenvalue weighted by atomic mass is 9.64. The highest BCUT2D eigenvalue weighted by Crippen LogP contribution is 2.60. The molecule has 2 nitrogen and oxygen atoms in total. The van der Waals surface area contributed by atoms with Crippen LogP contribution in [0.3, 0.4) is 0 Å². The maximum absolute atomic E-state index is 2.54. The van der Waals surface area contributed by atoms with Crippen LogP contribution in [0, 0.1) is 0 Å². The number of anilines is 6. The largest absolute Gasteiger partial charge is 0.311 e. The lowest BCUT2D eigenvalue weighted by Crippen LogP contribution is -2.32. The van der Waals surface area contributed by atoms with Crippen molar-refractivity contribution in [2.45, 2.75) is 10.8 Å². The van der Waals surface area contributed by atoms with Crippen molar-refractivity contribution in [3.63, 3.8) is 0 Å². The van der Waals surface area contributed by atoms with Crippen molar-refractivity contribution in [3.8, 4) is 22.3 Å². The van der Waals surface area contributed by atoms with Gasteiger partial charge in [0.25, 0.3) is 0 Å². The van der Waals surface area contributed by atoms with Crippen LogP contribution in [-0.2, 0) is 10.8 Å². The van der Waals surface area contributed by atoms with Crippen molar-refractivity contribution in [2.75, 3.05) is 9.80 Å². The van der Waals surface area contributed by atoms with Crippen LogP contribution in [0.15, 0.2) is 291 Å². The summed E-state index contributed by atoms with van der Waals surface area (Å²) in [5, 5.41) is 0. The Balaban J connectivity index is 1.03. The highest BCUT2D eigenvalue weighted by Gasteiger charge is 2.49. The molecule has 0 aromatic heterocycles. The molecule has 70 heavy (non-hydrogen) atoms. The summed E-state index contributed by atoms with van der Waals surface area (Å²) in [7, 11) is 0. The van der Waals surface area contributed by atoms with Crippen molar-refractivity contribution >= 4 is 34.1 Å². The molecule has 0 aliphatic heterocycles. The minimum Gasteiger partial charge on any atom is -0.311 e. The average molecular weight is 893 g/mol. The molecule has 330 valence electrons. The van der Waals surface area contributed by atoms with Crippen LogP contribution in [0.5, 0.6) is 0 Å². The zero-order valence-electron chi connectivity index (χ0n) is 38.6. The Morgan fingerprint density at radius 2 is 0.429 bits per heavy atom. The van der Waals surface area contributed by atoms with Crippen LogP contribution in [0.4, 0.5) is 34.1 Å². The smallest absolute Gasteiger partial charge is 0.0713 e. The third-order valence-electron chi connectivity index (χ3n) is 14.8. The van der Waals surface area contributed by atoms with E-state index in [-0.39, 0.29) is 0 Å². The van der Waals surface area contributed by atoms with Gasteiger partial charge in [0.1, 0.15) is 0 Å². The van der Waals surface area contributed by atoms with Gasteiger partial charge in [-0.15, -0.1) is 0 Å². The van der Waals surface area contributed by atoms with Crippen molar-refractivity contribution in [1.29, 1.82) is 0 Å². The van der Waals surface area contributed by atoms with Gasteiger partial charge in [-0.05, 0) is 140 Å². The molecule has 0 spiro atoms. The molecule has 13 rings (SSSR count). The van der Waals surface area contributed by atoms with Crippen LogP contribution in [-0.4, -0.2) is 0 Å². The average Bonchev–Trinajstić information content (AvgIpc) is 3.92. The molecule has 0 saturated heterocycles. The van der Waals surface area contributed by atoms with Crippen LogP contribution < -0.4 is 9.80 Å². The summed E-state index contributed by atoms with van der Waals surface area (Å²) in [6.07, 6.45) is 0. The summed E-state index contributed by atoms with van der Waals surface area (Å²) < 4.78 is 0. The van der Waals surface area contributed by atoms with E-state index >= 15 is 0 Å². The Morgan fingerprint density at radius 3 is 0.714 bits per heavy atom. The van der Waals surface area contributed by atoms with E-state index in [2.05, 4.69) is 301 Å².